The Bertz CT molecular complexity index is 1010. The van der Waals surface area contributed by atoms with Crippen molar-refractivity contribution < 1.29 is 19.8 Å². The second kappa shape index (κ2) is 6.52. The van der Waals surface area contributed by atoms with Crippen molar-refractivity contribution in [1.29, 1.82) is 0 Å². The van der Waals surface area contributed by atoms with Gasteiger partial charge in [-0.3, -0.25) is 4.79 Å². The number of aromatic nitrogens is 1. The van der Waals surface area contributed by atoms with Gasteiger partial charge in [0.1, 0.15) is 11.3 Å². The van der Waals surface area contributed by atoms with Crippen molar-refractivity contribution in [3.05, 3.63) is 70.9 Å². The molecule has 132 valence electrons. The molecule has 0 bridgehead atoms. The SMILES string of the molecule is CC(=O)c1cc(-c2ccc(C)cc2)n(-c2ccc(O)c(C(=O)O)c2)c1C. The maximum atomic E-state index is 12.0. The van der Waals surface area contributed by atoms with Gasteiger partial charge in [-0.05, 0) is 50.6 Å². The number of hydrogen-bond acceptors (Lipinski definition) is 3. The number of aryl methyl sites for hydroxylation is 1. The fraction of sp³-hybridized carbons (Fsp3) is 0.143. The monoisotopic (exact) mass is 349 g/mol. The van der Waals surface area contributed by atoms with Gasteiger partial charge in [-0.25, -0.2) is 4.79 Å². The molecule has 26 heavy (non-hydrogen) atoms. The third-order valence-electron chi connectivity index (χ3n) is 4.44. The summed E-state index contributed by atoms with van der Waals surface area (Å²) in [5, 5.41) is 19.1. The standard InChI is InChI=1S/C21H19NO4/c1-12-4-6-15(7-5-12)19-11-17(14(3)23)13(2)22(19)16-8-9-20(24)18(10-16)21(25)26/h4-11,24H,1-3H3,(H,25,26). The van der Waals surface area contributed by atoms with E-state index in [1.807, 2.05) is 48.7 Å². The number of carbonyl (C=O) groups is 2. The molecule has 2 aromatic carbocycles. The van der Waals surface area contributed by atoms with E-state index in [-0.39, 0.29) is 17.1 Å². The Morgan fingerprint density at radius 3 is 2.15 bits per heavy atom. The molecule has 0 amide bonds. The summed E-state index contributed by atoms with van der Waals surface area (Å²) in [4.78, 5) is 23.4. The zero-order valence-electron chi connectivity index (χ0n) is 14.8. The van der Waals surface area contributed by atoms with E-state index in [0.717, 1.165) is 22.5 Å². The highest BCUT2D eigenvalue weighted by molar-refractivity contribution is 5.97. The number of carbonyl (C=O) groups excluding carboxylic acids is 1. The van der Waals surface area contributed by atoms with Gasteiger partial charge in [-0.15, -0.1) is 0 Å². The summed E-state index contributed by atoms with van der Waals surface area (Å²) in [6.07, 6.45) is 0. The molecule has 0 atom stereocenters. The van der Waals surface area contributed by atoms with E-state index >= 15 is 0 Å². The highest BCUT2D eigenvalue weighted by atomic mass is 16.4. The van der Waals surface area contributed by atoms with Gasteiger partial charge in [0, 0.05) is 16.9 Å². The summed E-state index contributed by atoms with van der Waals surface area (Å²) in [6.45, 7) is 5.32. The van der Waals surface area contributed by atoms with Crippen LogP contribution in [0.15, 0.2) is 48.5 Å². The van der Waals surface area contributed by atoms with E-state index in [1.165, 1.54) is 19.1 Å². The van der Waals surface area contributed by atoms with Crippen molar-refractivity contribution in [2.45, 2.75) is 20.8 Å². The number of phenols is 1. The van der Waals surface area contributed by atoms with Crippen molar-refractivity contribution in [3.63, 3.8) is 0 Å². The fourth-order valence-corrected chi connectivity index (χ4v) is 3.07. The van der Waals surface area contributed by atoms with Crippen molar-refractivity contribution in [2.24, 2.45) is 0 Å². The quantitative estimate of drug-likeness (QED) is 0.686. The molecule has 0 aliphatic heterocycles. The van der Waals surface area contributed by atoms with Crippen LogP contribution >= 0.6 is 0 Å². The molecule has 2 N–H and O–H groups in total. The molecule has 0 fully saturated rings. The second-order valence-electron chi connectivity index (χ2n) is 6.29. The van der Waals surface area contributed by atoms with Crippen LogP contribution in [0.2, 0.25) is 0 Å². The van der Waals surface area contributed by atoms with Crippen LogP contribution in [-0.4, -0.2) is 26.5 Å². The maximum Gasteiger partial charge on any atom is 0.339 e. The lowest BCUT2D eigenvalue weighted by Crippen LogP contribution is -2.04. The molecular formula is C21H19NO4. The second-order valence-corrected chi connectivity index (χ2v) is 6.29. The predicted molar refractivity (Wildman–Crippen MR) is 99.3 cm³/mol. The van der Waals surface area contributed by atoms with E-state index in [4.69, 9.17) is 0 Å². The van der Waals surface area contributed by atoms with Crippen LogP contribution in [0.3, 0.4) is 0 Å². The zero-order valence-corrected chi connectivity index (χ0v) is 14.8. The number of rotatable bonds is 4. The van der Waals surface area contributed by atoms with Crippen LogP contribution in [0.25, 0.3) is 16.9 Å². The lowest BCUT2D eigenvalue weighted by atomic mass is 10.1. The number of aromatic carboxylic acids is 1. The number of nitrogens with zero attached hydrogens (tertiary/aromatic N) is 1. The molecule has 3 rings (SSSR count). The molecule has 0 radical (unpaired) electrons. The average molecular weight is 349 g/mol. The number of carboxylic acid groups (broad SMARTS) is 1. The molecule has 0 aliphatic rings. The third-order valence-corrected chi connectivity index (χ3v) is 4.44. The summed E-state index contributed by atoms with van der Waals surface area (Å²) in [6, 6.07) is 14.1. The number of ketones is 1. The Morgan fingerprint density at radius 2 is 1.58 bits per heavy atom. The van der Waals surface area contributed by atoms with Crippen LogP contribution in [0.5, 0.6) is 5.75 Å². The minimum Gasteiger partial charge on any atom is -0.507 e. The third kappa shape index (κ3) is 2.99. The van der Waals surface area contributed by atoms with Gasteiger partial charge in [0.25, 0.3) is 0 Å². The molecule has 5 nitrogen and oxygen atoms in total. The number of hydrogen-bond donors (Lipinski definition) is 2. The zero-order chi connectivity index (χ0) is 19.0. The lowest BCUT2D eigenvalue weighted by molar-refractivity contribution is 0.0693. The maximum absolute atomic E-state index is 12.0. The van der Waals surface area contributed by atoms with Crippen molar-refractivity contribution in [3.8, 4) is 22.7 Å². The first-order chi connectivity index (χ1) is 12.3. The Kier molecular flexibility index (Phi) is 4.38. The molecule has 1 heterocycles. The van der Waals surface area contributed by atoms with Gasteiger partial charge in [-0.1, -0.05) is 29.8 Å². The summed E-state index contributed by atoms with van der Waals surface area (Å²) in [5.41, 5.74) is 4.50. The number of benzene rings is 2. The van der Waals surface area contributed by atoms with Gasteiger partial charge < -0.3 is 14.8 Å². The van der Waals surface area contributed by atoms with E-state index in [2.05, 4.69) is 0 Å². The van der Waals surface area contributed by atoms with Gasteiger partial charge in [0.05, 0.1) is 5.69 Å². The van der Waals surface area contributed by atoms with E-state index in [0.29, 0.717) is 11.3 Å². The van der Waals surface area contributed by atoms with Crippen molar-refractivity contribution >= 4 is 11.8 Å². The first kappa shape index (κ1) is 17.5. The van der Waals surface area contributed by atoms with Crippen LogP contribution in [0, 0.1) is 13.8 Å². The van der Waals surface area contributed by atoms with Crippen LogP contribution < -0.4 is 0 Å². The summed E-state index contributed by atoms with van der Waals surface area (Å²) in [7, 11) is 0. The molecule has 0 aliphatic carbocycles. The molecule has 5 heteroatoms. The molecular weight excluding hydrogens is 330 g/mol. The molecule has 0 spiro atoms. The largest absolute Gasteiger partial charge is 0.507 e. The molecule has 3 aromatic rings. The highest BCUT2D eigenvalue weighted by Gasteiger charge is 2.19. The average Bonchev–Trinajstić information content (AvgIpc) is 2.93. The Labute approximate surface area is 151 Å². The molecule has 0 saturated heterocycles. The fourth-order valence-electron chi connectivity index (χ4n) is 3.07. The number of carboxylic acids is 1. The summed E-state index contributed by atoms with van der Waals surface area (Å²) < 4.78 is 1.84. The van der Waals surface area contributed by atoms with E-state index < -0.39 is 5.97 Å². The molecule has 1 aromatic heterocycles. The van der Waals surface area contributed by atoms with E-state index in [1.54, 1.807) is 6.07 Å². The van der Waals surface area contributed by atoms with Gasteiger partial charge in [0.2, 0.25) is 0 Å². The number of Topliss-reactive ketones (excluding diaryl/α,β-unsaturated/α-hetero) is 1. The molecule has 0 saturated carbocycles. The first-order valence-electron chi connectivity index (χ1n) is 8.16. The molecule has 0 unspecified atom stereocenters. The highest BCUT2D eigenvalue weighted by Crippen LogP contribution is 2.31. The normalized spacial score (nSPS) is 10.7. The minimum absolute atomic E-state index is 0.0631. The van der Waals surface area contributed by atoms with Crippen molar-refractivity contribution in [2.75, 3.05) is 0 Å². The smallest absolute Gasteiger partial charge is 0.339 e. The topological polar surface area (TPSA) is 79.5 Å². The van der Waals surface area contributed by atoms with E-state index in [9.17, 15) is 19.8 Å². The van der Waals surface area contributed by atoms with Gasteiger partial charge >= 0.3 is 5.97 Å². The summed E-state index contributed by atoms with van der Waals surface area (Å²) >= 11 is 0. The van der Waals surface area contributed by atoms with Crippen LogP contribution in [0.1, 0.15) is 38.9 Å². The number of aromatic hydroxyl groups is 1. The lowest BCUT2D eigenvalue weighted by Gasteiger charge is -2.14. The van der Waals surface area contributed by atoms with Gasteiger partial charge in [-0.2, -0.15) is 0 Å². The Balaban J connectivity index is 2.29. The predicted octanol–water partition coefficient (Wildman–Crippen LogP) is 4.37. The summed E-state index contributed by atoms with van der Waals surface area (Å²) in [5.74, 6) is -1.57. The first-order valence-corrected chi connectivity index (χ1v) is 8.16. The Hall–Kier alpha value is -3.34. The van der Waals surface area contributed by atoms with Gasteiger partial charge in [0.15, 0.2) is 5.78 Å². The van der Waals surface area contributed by atoms with Crippen molar-refractivity contribution in [1.82, 2.24) is 4.57 Å². The van der Waals surface area contributed by atoms with Crippen LogP contribution in [-0.2, 0) is 0 Å². The Morgan fingerprint density at radius 1 is 0.923 bits per heavy atom. The minimum atomic E-state index is -1.21. The van der Waals surface area contributed by atoms with Crippen LogP contribution in [0.4, 0.5) is 0 Å².